The number of benzene rings is 1. The summed E-state index contributed by atoms with van der Waals surface area (Å²) in [5.74, 6) is 0. The van der Waals surface area contributed by atoms with Gasteiger partial charge in [-0.25, -0.2) is 0 Å². The van der Waals surface area contributed by atoms with Gasteiger partial charge in [0.15, 0.2) is 0 Å². The molecule has 0 fully saturated rings. The van der Waals surface area contributed by atoms with Crippen molar-refractivity contribution in [2.75, 3.05) is 7.11 Å². The predicted molar refractivity (Wildman–Crippen MR) is 89.6 cm³/mol. The van der Waals surface area contributed by atoms with Crippen molar-refractivity contribution in [3.63, 3.8) is 0 Å². The van der Waals surface area contributed by atoms with E-state index in [1.807, 2.05) is 0 Å². The molecular weight excluding hydrogens is 260 g/mol. The first-order valence-electron chi connectivity index (χ1n) is 7.84. The van der Waals surface area contributed by atoms with Crippen LogP contribution < -0.4 is 5.73 Å². The average Bonchev–Trinajstić information content (AvgIpc) is 2.89. The molecule has 3 nitrogen and oxygen atoms in total. The van der Waals surface area contributed by atoms with E-state index in [1.165, 1.54) is 16.5 Å². The molecule has 0 aliphatic heterocycles. The number of aryl methyl sites for hydroxylation is 1. The van der Waals surface area contributed by atoms with E-state index < -0.39 is 0 Å². The fraction of sp³-hybridized carbons (Fsp3) is 0.556. The summed E-state index contributed by atoms with van der Waals surface area (Å²) in [6.07, 6.45) is 5.13. The summed E-state index contributed by atoms with van der Waals surface area (Å²) in [6, 6.07) is 8.98. The van der Waals surface area contributed by atoms with E-state index in [4.69, 9.17) is 10.5 Å². The third-order valence-corrected chi connectivity index (χ3v) is 4.42. The number of rotatable bonds is 7. The molecule has 0 bridgehead atoms. The summed E-state index contributed by atoms with van der Waals surface area (Å²) in [5.41, 5.74) is 8.68. The summed E-state index contributed by atoms with van der Waals surface area (Å²) in [6.45, 7) is 7.37. The lowest BCUT2D eigenvalue weighted by Gasteiger charge is -2.23. The summed E-state index contributed by atoms with van der Waals surface area (Å²) < 4.78 is 7.83. The van der Waals surface area contributed by atoms with Gasteiger partial charge < -0.3 is 15.0 Å². The maximum Gasteiger partial charge on any atom is 0.0639 e. The minimum atomic E-state index is -0.0846. The minimum Gasteiger partial charge on any atom is -0.379 e. The lowest BCUT2D eigenvalue weighted by Crippen LogP contribution is -2.24. The van der Waals surface area contributed by atoms with Crippen LogP contribution in [-0.4, -0.2) is 23.3 Å². The van der Waals surface area contributed by atoms with Gasteiger partial charge >= 0.3 is 0 Å². The van der Waals surface area contributed by atoms with Gasteiger partial charge in [-0.15, -0.1) is 0 Å². The van der Waals surface area contributed by atoms with Crippen LogP contribution >= 0.6 is 0 Å². The Kier molecular flexibility index (Phi) is 5.07. The Bertz CT molecular complexity index is 586. The number of hydrogen-bond acceptors (Lipinski definition) is 2. The van der Waals surface area contributed by atoms with Gasteiger partial charge in [-0.1, -0.05) is 19.1 Å². The van der Waals surface area contributed by atoms with Crippen LogP contribution in [0.4, 0.5) is 0 Å². The van der Waals surface area contributed by atoms with Crippen molar-refractivity contribution in [2.45, 2.75) is 58.2 Å². The van der Waals surface area contributed by atoms with Crippen LogP contribution in [0.3, 0.4) is 0 Å². The van der Waals surface area contributed by atoms with Gasteiger partial charge in [0, 0.05) is 36.8 Å². The van der Waals surface area contributed by atoms with Gasteiger partial charge in [-0.2, -0.15) is 0 Å². The van der Waals surface area contributed by atoms with Gasteiger partial charge in [0.2, 0.25) is 0 Å². The first-order chi connectivity index (χ1) is 9.96. The van der Waals surface area contributed by atoms with Crippen molar-refractivity contribution in [3.8, 4) is 0 Å². The Morgan fingerprint density at radius 3 is 2.71 bits per heavy atom. The second-order valence-corrected chi connectivity index (χ2v) is 6.45. The summed E-state index contributed by atoms with van der Waals surface area (Å²) in [4.78, 5) is 0. The molecule has 3 heteroatoms. The first kappa shape index (κ1) is 16.1. The maximum atomic E-state index is 6.11. The van der Waals surface area contributed by atoms with Crippen molar-refractivity contribution in [1.29, 1.82) is 0 Å². The molecule has 0 spiro atoms. The van der Waals surface area contributed by atoms with Crippen LogP contribution in [0, 0.1) is 0 Å². The number of ether oxygens (including phenoxy) is 1. The van der Waals surface area contributed by atoms with Gasteiger partial charge in [0.05, 0.1) is 5.60 Å². The third-order valence-electron chi connectivity index (χ3n) is 4.42. The molecule has 0 radical (unpaired) electrons. The highest BCUT2D eigenvalue weighted by Crippen LogP contribution is 2.23. The fourth-order valence-corrected chi connectivity index (χ4v) is 2.58. The molecule has 2 rings (SSSR count). The maximum absolute atomic E-state index is 6.11. The van der Waals surface area contributed by atoms with Gasteiger partial charge in [-0.3, -0.25) is 0 Å². The molecule has 1 unspecified atom stereocenters. The zero-order chi connectivity index (χ0) is 15.5. The van der Waals surface area contributed by atoms with Crippen LogP contribution in [0.2, 0.25) is 0 Å². The second-order valence-electron chi connectivity index (χ2n) is 6.45. The lowest BCUT2D eigenvalue weighted by atomic mass is 10.0. The lowest BCUT2D eigenvalue weighted by molar-refractivity contribution is 0.0123. The fourth-order valence-electron chi connectivity index (χ4n) is 2.58. The SMILES string of the molecule is CCC(N)Cc1cccc2c1ccn2CCC(C)(C)OC. The van der Waals surface area contributed by atoms with Crippen molar-refractivity contribution in [1.82, 2.24) is 4.57 Å². The molecule has 0 saturated heterocycles. The van der Waals surface area contributed by atoms with Crippen LogP contribution in [0.15, 0.2) is 30.5 Å². The molecule has 0 aliphatic carbocycles. The molecule has 116 valence electrons. The van der Waals surface area contributed by atoms with E-state index in [1.54, 1.807) is 7.11 Å². The number of hydrogen-bond donors (Lipinski definition) is 1. The van der Waals surface area contributed by atoms with Crippen molar-refractivity contribution in [3.05, 3.63) is 36.0 Å². The Morgan fingerprint density at radius 2 is 2.05 bits per heavy atom. The van der Waals surface area contributed by atoms with E-state index in [0.717, 1.165) is 25.8 Å². The van der Waals surface area contributed by atoms with E-state index in [2.05, 4.69) is 55.8 Å². The molecule has 1 heterocycles. The quantitative estimate of drug-likeness (QED) is 0.843. The van der Waals surface area contributed by atoms with E-state index in [-0.39, 0.29) is 11.6 Å². The first-order valence-corrected chi connectivity index (χ1v) is 7.84. The number of aromatic nitrogens is 1. The number of nitrogens with zero attached hydrogens (tertiary/aromatic N) is 1. The largest absolute Gasteiger partial charge is 0.379 e. The molecule has 2 N–H and O–H groups in total. The predicted octanol–water partition coefficient (Wildman–Crippen LogP) is 3.74. The van der Waals surface area contributed by atoms with Crippen molar-refractivity contribution < 1.29 is 4.74 Å². The van der Waals surface area contributed by atoms with Crippen LogP contribution in [0.1, 0.15) is 39.2 Å². The highest BCUT2D eigenvalue weighted by Gasteiger charge is 2.16. The molecular formula is C18H28N2O. The van der Waals surface area contributed by atoms with Gasteiger partial charge in [-0.05, 0) is 50.8 Å². The molecule has 1 aromatic heterocycles. The minimum absolute atomic E-state index is 0.0846. The van der Waals surface area contributed by atoms with Crippen LogP contribution in [0.5, 0.6) is 0 Å². The average molecular weight is 288 g/mol. The smallest absolute Gasteiger partial charge is 0.0639 e. The zero-order valence-corrected chi connectivity index (χ0v) is 13.7. The Hall–Kier alpha value is -1.32. The summed E-state index contributed by atoms with van der Waals surface area (Å²) in [5, 5.41) is 1.33. The van der Waals surface area contributed by atoms with Crippen molar-refractivity contribution >= 4 is 10.9 Å². The van der Waals surface area contributed by atoms with E-state index >= 15 is 0 Å². The normalized spacial score (nSPS) is 13.8. The topological polar surface area (TPSA) is 40.2 Å². The third kappa shape index (κ3) is 3.86. The van der Waals surface area contributed by atoms with Crippen LogP contribution in [-0.2, 0) is 17.7 Å². The highest BCUT2D eigenvalue weighted by molar-refractivity contribution is 5.83. The monoisotopic (exact) mass is 288 g/mol. The van der Waals surface area contributed by atoms with Crippen molar-refractivity contribution in [2.24, 2.45) is 5.73 Å². The standard InChI is InChI=1S/C18H28N2O/c1-5-15(19)13-14-7-6-8-17-16(14)9-11-20(17)12-10-18(2,3)21-4/h6-9,11,15H,5,10,12-13,19H2,1-4H3. The summed E-state index contributed by atoms with van der Waals surface area (Å²) >= 11 is 0. The molecule has 21 heavy (non-hydrogen) atoms. The van der Waals surface area contributed by atoms with E-state index in [0.29, 0.717) is 0 Å². The summed E-state index contributed by atoms with van der Waals surface area (Å²) in [7, 11) is 1.78. The molecule has 1 atom stereocenters. The number of fused-ring (bicyclic) bond motifs is 1. The Morgan fingerprint density at radius 1 is 1.29 bits per heavy atom. The molecule has 0 amide bonds. The molecule has 1 aromatic carbocycles. The number of methoxy groups -OCH3 is 1. The Balaban J connectivity index is 2.22. The molecule has 2 aromatic rings. The second kappa shape index (κ2) is 6.63. The molecule has 0 saturated carbocycles. The highest BCUT2D eigenvalue weighted by atomic mass is 16.5. The van der Waals surface area contributed by atoms with Gasteiger partial charge in [0.25, 0.3) is 0 Å². The molecule has 0 aliphatic rings. The van der Waals surface area contributed by atoms with E-state index in [9.17, 15) is 0 Å². The van der Waals surface area contributed by atoms with Crippen LogP contribution in [0.25, 0.3) is 10.9 Å². The Labute approximate surface area is 128 Å². The van der Waals surface area contributed by atoms with Gasteiger partial charge in [0.1, 0.15) is 0 Å². The zero-order valence-electron chi connectivity index (χ0n) is 13.7. The number of nitrogens with two attached hydrogens (primary N) is 1.